The van der Waals surface area contributed by atoms with E-state index in [2.05, 4.69) is 10.6 Å². The molecule has 5 nitrogen and oxygen atoms in total. The Labute approximate surface area is 132 Å². The van der Waals surface area contributed by atoms with Crippen molar-refractivity contribution >= 4 is 28.3 Å². The zero-order valence-electron chi connectivity index (χ0n) is 12.6. The van der Waals surface area contributed by atoms with E-state index in [9.17, 15) is 9.59 Å². The summed E-state index contributed by atoms with van der Waals surface area (Å²) in [6.07, 6.45) is 0. The molecule has 2 aromatic carbocycles. The lowest BCUT2D eigenvalue weighted by Crippen LogP contribution is -2.21. The molecule has 23 heavy (non-hydrogen) atoms. The van der Waals surface area contributed by atoms with Crippen LogP contribution in [-0.4, -0.2) is 12.5 Å². The maximum atomic E-state index is 12.0. The highest BCUT2D eigenvalue weighted by Crippen LogP contribution is 2.20. The molecular weight excluding hydrogens is 292 g/mol. The minimum atomic E-state index is -0.399. The van der Waals surface area contributed by atoms with E-state index < -0.39 is 5.63 Å². The van der Waals surface area contributed by atoms with Gasteiger partial charge in [0.05, 0.1) is 6.54 Å². The Hall–Kier alpha value is -3.08. The fourth-order valence-corrected chi connectivity index (χ4v) is 2.35. The van der Waals surface area contributed by atoms with Crippen LogP contribution in [-0.2, 0) is 4.79 Å². The highest BCUT2D eigenvalue weighted by Gasteiger charge is 2.06. The second kappa shape index (κ2) is 6.36. The van der Waals surface area contributed by atoms with Crippen LogP contribution in [0.2, 0.25) is 0 Å². The quantitative estimate of drug-likeness (QED) is 0.726. The van der Waals surface area contributed by atoms with Gasteiger partial charge in [-0.05, 0) is 36.8 Å². The average molecular weight is 308 g/mol. The van der Waals surface area contributed by atoms with Crippen LogP contribution in [0.1, 0.15) is 5.56 Å². The molecule has 3 aromatic rings. The van der Waals surface area contributed by atoms with Gasteiger partial charge in [0.15, 0.2) is 0 Å². The Kier molecular flexibility index (Phi) is 4.10. The van der Waals surface area contributed by atoms with Crippen LogP contribution < -0.4 is 16.3 Å². The summed E-state index contributed by atoms with van der Waals surface area (Å²) in [5.74, 6) is -0.178. The fourth-order valence-electron chi connectivity index (χ4n) is 2.35. The fraction of sp³-hybridized carbons (Fsp3) is 0.111. The van der Waals surface area contributed by atoms with E-state index in [4.69, 9.17) is 4.42 Å². The van der Waals surface area contributed by atoms with Crippen LogP contribution in [0.15, 0.2) is 63.8 Å². The first-order valence-electron chi connectivity index (χ1n) is 7.25. The van der Waals surface area contributed by atoms with E-state index in [0.717, 1.165) is 16.6 Å². The predicted molar refractivity (Wildman–Crippen MR) is 90.8 cm³/mol. The third-order valence-electron chi connectivity index (χ3n) is 3.46. The van der Waals surface area contributed by atoms with Crippen LogP contribution in [0, 0.1) is 6.92 Å². The van der Waals surface area contributed by atoms with Gasteiger partial charge in [-0.3, -0.25) is 4.79 Å². The molecule has 0 atom stereocenters. The Morgan fingerprint density at radius 1 is 1.04 bits per heavy atom. The number of amides is 1. The van der Waals surface area contributed by atoms with E-state index in [1.807, 2.05) is 43.3 Å². The first-order chi connectivity index (χ1) is 11.1. The van der Waals surface area contributed by atoms with Gasteiger partial charge in [-0.1, -0.05) is 18.2 Å². The highest BCUT2D eigenvalue weighted by molar-refractivity contribution is 5.95. The van der Waals surface area contributed by atoms with Crippen molar-refractivity contribution in [2.45, 2.75) is 6.92 Å². The van der Waals surface area contributed by atoms with Crippen LogP contribution in [0.25, 0.3) is 11.0 Å². The first-order valence-corrected chi connectivity index (χ1v) is 7.25. The molecule has 116 valence electrons. The van der Waals surface area contributed by atoms with Gasteiger partial charge in [-0.15, -0.1) is 0 Å². The molecule has 0 spiro atoms. The smallest absolute Gasteiger partial charge is 0.336 e. The maximum absolute atomic E-state index is 12.0. The van der Waals surface area contributed by atoms with Crippen molar-refractivity contribution in [2.75, 3.05) is 17.2 Å². The number of hydrogen-bond donors (Lipinski definition) is 2. The van der Waals surface area contributed by atoms with Crippen molar-refractivity contribution in [2.24, 2.45) is 0 Å². The first kappa shape index (κ1) is 14.8. The van der Waals surface area contributed by atoms with Crippen LogP contribution in [0.5, 0.6) is 0 Å². The Balaban J connectivity index is 1.71. The molecule has 2 N–H and O–H groups in total. The van der Waals surface area contributed by atoms with E-state index in [1.54, 1.807) is 12.1 Å². The SMILES string of the molecule is Cc1cc(=O)oc2cc(NC(=O)CNc3ccccc3)ccc12. The number of aryl methyl sites for hydroxylation is 1. The lowest BCUT2D eigenvalue weighted by molar-refractivity contribution is -0.114. The van der Waals surface area contributed by atoms with E-state index in [-0.39, 0.29) is 12.5 Å². The Bertz CT molecular complexity index is 901. The summed E-state index contributed by atoms with van der Waals surface area (Å²) in [7, 11) is 0. The Morgan fingerprint density at radius 3 is 2.61 bits per heavy atom. The molecular formula is C18H16N2O3. The topological polar surface area (TPSA) is 71.3 Å². The largest absolute Gasteiger partial charge is 0.423 e. The third-order valence-corrected chi connectivity index (χ3v) is 3.46. The number of fused-ring (bicyclic) bond motifs is 1. The van der Waals surface area contributed by atoms with Crippen molar-refractivity contribution < 1.29 is 9.21 Å². The minimum Gasteiger partial charge on any atom is -0.423 e. The average Bonchev–Trinajstić information content (AvgIpc) is 2.53. The summed E-state index contributed by atoms with van der Waals surface area (Å²) in [5.41, 5.74) is 2.38. The molecule has 1 amide bonds. The number of benzene rings is 2. The summed E-state index contributed by atoms with van der Waals surface area (Å²) < 4.78 is 5.17. The number of hydrogen-bond acceptors (Lipinski definition) is 4. The number of carbonyl (C=O) groups excluding carboxylic acids is 1. The monoisotopic (exact) mass is 308 g/mol. The highest BCUT2D eigenvalue weighted by atomic mass is 16.4. The summed E-state index contributed by atoms with van der Waals surface area (Å²) >= 11 is 0. The lowest BCUT2D eigenvalue weighted by atomic mass is 10.1. The molecule has 3 rings (SSSR count). The second-order valence-corrected chi connectivity index (χ2v) is 5.23. The molecule has 0 aliphatic rings. The predicted octanol–water partition coefficient (Wildman–Crippen LogP) is 3.15. The molecule has 1 aromatic heterocycles. The van der Waals surface area contributed by atoms with Crippen molar-refractivity contribution in [3.63, 3.8) is 0 Å². The number of nitrogens with one attached hydrogen (secondary N) is 2. The molecule has 5 heteroatoms. The molecule has 0 saturated heterocycles. The molecule has 0 aliphatic carbocycles. The maximum Gasteiger partial charge on any atom is 0.336 e. The molecule has 0 radical (unpaired) electrons. The number of carbonyl (C=O) groups is 1. The summed E-state index contributed by atoms with van der Waals surface area (Å²) in [4.78, 5) is 23.4. The third kappa shape index (κ3) is 3.58. The Morgan fingerprint density at radius 2 is 1.83 bits per heavy atom. The molecule has 0 saturated carbocycles. The lowest BCUT2D eigenvalue weighted by Gasteiger charge is -2.08. The van der Waals surface area contributed by atoms with Crippen LogP contribution in [0.4, 0.5) is 11.4 Å². The zero-order chi connectivity index (χ0) is 16.2. The van der Waals surface area contributed by atoms with Gasteiger partial charge in [-0.25, -0.2) is 4.79 Å². The van der Waals surface area contributed by atoms with Crippen LogP contribution >= 0.6 is 0 Å². The van der Waals surface area contributed by atoms with Gasteiger partial charge in [-0.2, -0.15) is 0 Å². The molecule has 1 heterocycles. The van der Waals surface area contributed by atoms with Gasteiger partial charge in [0, 0.05) is 28.9 Å². The molecule has 0 aliphatic heterocycles. The number of rotatable bonds is 4. The van der Waals surface area contributed by atoms with E-state index in [0.29, 0.717) is 11.3 Å². The zero-order valence-corrected chi connectivity index (χ0v) is 12.6. The van der Waals surface area contributed by atoms with Gasteiger partial charge < -0.3 is 15.1 Å². The normalized spacial score (nSPS) is 10.5. The van der Waals surface area contributed by atoms with Gasteiger partial charge in [0.1, 0.15) is 5.58 Å². The van der Waals surface area contributed by atoms with Crippen molar-refractivity contribution in [1.82, 2.24) is 0 Å². The van der Waals surface area contributed by atoms with E-state index in [1.165, 1.54) is 6.07 Å². The second-order valence-electron chi connectivity index (χ2n) is 5.23. The van der Waals surface area contributed by atoms with Crippen molar-refractivity contribution in [3.05, 3.63) is 70.6 Å². The van der Waals surface area contributed by atoms with E-state index >= 15 is 0 Å². The van der Waals surface area contributed by atoms with Gasteiger partial charge in [0.2, 0.25) is 5.91 Å². The van der Waals surface area contributed by atoms with Crippen molar-refractivity contribution in [1.29, 1.82) is 0 Å². The number of anilines is 2. The minimum absolute atomic E-state index is 0.153. The van der Waals surface area contributed by atoms with Gasteiger partial charge >= 0.3 is 5.63 Å². The van der Waals surface area contributed by atoms with Gasteiger partial charge in [0.25, 0.3) is 0 Å². The number of para-hydroxylation sites is 1. The summed E-state index contributed by atoms with van der Waals surface area (Å²) in [5, 5.41) is 6.67. The standard InChI is InChI=1S/C18H16N2O3/c1-12-9-18(22)23-16-10-14(7-8-15(12)16)20-17(21)11-19-13-5-3-2-4-6-13/h2-10,19H,11H2,1H3,(H,20,21). The summed E-state index contributed by atoms with van der Waals surface area (Å²) in [6, 6.07) is 16.2. The summed E-state index contributed by atoms with van der Waals surface area (Å²) in [6.45, 7) is 2.00. The van der Waals surface area contributed by atoms with Crippen molar-refractivity contribution in [3.8, 4) is 0 Å². The molecule has 0 fully saturated rings. The molecule has 0 bridgehead atoms. The molecule has 0 unspecified atom stereocenters. The van der Waals surface area contributed by atoms with Crippen LogP contribution in [0.3, 0.4) is 0 Å².